The number of rotatable bonds is 3. The molecule has 0 spiro atoms. The van der Waals surface area contributed by atoms with Gasteiger partial charge in [0.1, 0.15) is 5.82 Å². The van der Waals surface area contributed by atoms with Crippen molar-refractivity contribution in [2.24, 2.45) is 0 Å². The van der Waals surface area contributed by atoms with Crippen LogP contribution in [0.15, 0.2) is 6.07 Å². The van der Waals surface area contributed by atoms with E-state index in [1.165, 1.54) is 0 Å². The number of anilines is 1. The molecule has 11 heavy (non-hydrogen) atoms. The molecule has 1 aromatic heterocycles. The lowest BCUT2D eigenvalue weighted by atomic mass is 10.4. The third-order valence-corrected chi connectivity index (χ3v) is 1.46. The van der Waals surface area contributed by atoms with Crippen molar-refractivity contribution in [2.75, 3.05) is 5.73 Å². The Balaban J connectivity index is 2.79. The molecule has 0 aliphatic heterocycles. The largest absolute Gasteiger partial charge is 0.390 e. The van der Waals surface area contributed by atoms with Crippen molar-refractivity contribution in [3.05, 3.63) is 11.8 Å². The van der Waals surface area contributed by atoms with E-state index in [0.717, 1.165) is 13.0 Å². The first-order valence-corrected chi connectivity index (χ1v) is 3.71. The van der Waals surface area contributed by atoms with Crippen molar-refractivity contribution < 1.29 is 5.11 Å². The fourth-order valence-electron chi connectivity index (χ4n) is 0.955. The lowest BCUT2D eigenvalue weighted by Gasteiger charge is -1.98. The van der Waals surface area contributed by atoms with Crippen molar-refractivity contribution in [3.8, 4) is 0 Å². The van der Waals surface area contributed by atoms with Gasteiger partial charge >= 0.3 is 0 Å². The van der Waals surface area contributed by atoms with Gasteiger partial charge in [0, 0.05) is 12.6 Å². The van der Waals surface area contributed by atoms with Crippen LogP contribution in [0.2, 0.25) is 0 Å². The maximum Gasteiger partial charge on any atom is 0.122 e. The number of aromatic nitrogens is 2. The van der Waals surface area contributed by atoms with Crippen molar-refractivity contribution in [1.29, 1.82) is 0 Å². The summed E-state index contributed by atoms with van der Waals surface area (Å²) in [6.45, 7) is 2.83. The van der Waals surface area contributed by atoms with E-state index in [-0.39, 0.29) is 6.61 Å². The van der Waals surface area contributed by atoms with Crippen LogP contribution in [0.1, 0.15) is 19.0 Å². The van der Waals surface area contributed by atoms with Gasteiger partial charge in [-0.25, -0.2) is 4.68 Å². The third kappa shape index (κ3) is 1.71. The first kappa shape index (κ1) is 8.07. The Hall–Kier alpha value is -1.03. The number of aliphatic hydroxyl groups excluding tert-OH is 1. The van der Waals surface area contributed by atoms with Gasteiger partial charge in [-0.05, 0) is 6.42 Å². The summed E-state index contributed by atoms with van der Waals surface area (Å²) in [4.78, 5) is 0. The summed E-state index contributed by atoms with van der Waals surface area (Å²) < 4.78 is 1.70. The normalized spacial score (nSPS) is 10.4. The molecule has 0 aliphatic rings. The molecule has 1 heterocycles. The Morgan fingerprint density at radius 3 is 2.91 bits per heavy atom. The molecule has 0 saturated heterocycles. The SMILES string of the molecule is CCCn1nc(CO)cc1N. The second-order valence-corrected chi connectivity index (χ2v) is 2.44. The highest BCUT2D eigenvalue weighted by atomic mass is 16.3. The molecule has 1 aromatic rings. The molecule has 62 valence electrons. The topological polar surface area (TPSA) is 64.1 Å². The maximum absolute atomic E-state index is 8.71. The van der Waals surface area contributed by atoms with Crippen LogP contribution in [0.5, 0.6) is 0 Å². The first-order valence-electron chi connectivity index (χ1n) is 3.71. The van der Waals surface area contributed by atoms with Crippen LogP contribution in [0.4, 0.5) is 5.82 Å². The van der Waals surface area contributed by atoms with Gasteiger partial charge in [0.2, 0.25) is 0 Å². The zero-order chi connectivity index (χ0) is 8.27. The van der Waals surface area contributed by atoms with E-state index in [9.17, 15) is 0 Å². The van der Waals surface area contributed by atoms with E-state index >= 15 is 0 Å². The molecule has 0 saturated carbocycles. The number of nitrogen functional groups attached to an aromatic ring is 1. The zero-order valence-electron chi connectivity index (χ0n) is 6.62. The average molecular weight is 155 g/mol. The highest BCUT2D eigenvalue weighted by Crippen LogP contribution is 2.06. The Bertz CT molecular complexity index is 232. The summed E-state index contributed by atoms with van der Waals surface area (Å²) in [5.74, 6) is 0.621. The Labute approximate surface area is 65.6 Å². The lowest BCUT2D eigenvalue weighted by Crippen LogP contribution is -2.03. The zero-order valence-corrected chi connectivity index (χ0v) is 6.62. The molecular weight excluding hydrogens is 142 g/mol. The van der Waals surface area contributed by atoms with Gasteiger partial charge in [0.25, 0.3) is 0 Å². The number of nitrogens with two attached hydrogens (primary N) is 1. The predicted molar refractivity (Wildman–Crippen MR) is 42.9 cm³/mol. The number of aliphatic hydroxyl groups is 1. The standard InChI is InChI=1S/C7H13N3O/c1-2-3-10-7(8)4-6(5-11)9-10/h4,11H,2-3,5,8H2,1H3. The molecule has 0 aliphatic carbocycles. The number of hydrogen-bond acceptors (Lipinski definition) is 3. The van der Waals surface area contributed by atoms with Crippen molar-refractivity contribution in [2.45, 2.75) is 26.5 Å². The number of hydrogen-bond donors (Lipinski definition) is 2. The summed E-state index contributed by atoms with van der Waals surface area (Å²) in [7, 11) is 0. The van der Waals surface area contributed by atoms with E-state index in [1.54, 1.807) is 10.7 Å². The molecule has 4 heteroatoms. The number of aryl methyl sites for hydroxylation is 1. The van der Waals surface area contributed by atoms with Crippen LogP contribution in [0, 0.1) is 0 Å². The second-order valence-electron chi connectivity index (χ2n) is 2.44. The summed E-state index contributed by atoms with van der Waals surface area (Å²) in [5.41, 5.74) is 6.23. The molecule has 0 unspecified atom stereocenters. The highest BCUT2D eigenvalue weighted by Gasteiger charge is 2.01. The van der Waals surface area contributed by atoms with Crippen LogP contribution in [-0.2, 0) is 13.2 Å². The molecule has 0 radical (unpaired) electrons. The molecule has 0 atom stereocenters. The van der Waals surface area contributed by atoms with E-state index in [1.807, 2.05) is 0 Å². The smallest absolute Gasteiger partial charge is 0.122 e. The molecular formula is C7H13N3O. The van der Waals surface area contributed by atoms with Crippen LogP contribution in [0.3, 0.4) is 0 Å². The van der Waals surface area contributed by atoms with Crippen molar-refractivity contribution in [1.82, 2.24) is 9.78 Å². The Morgan fingerprint density at radius 2 is 2.45 bits per heavy atom. The average Bonchev–Trinajstić information content (AvgIpc) is 2.33. The highest BCUT2D eigenvalue weighted by molar-refractivity contribution is 5.30. The summed E-state index contributed by atoms with van der Waals surface area (Å²) in [6.07, 6.45) is 0.997. The molecule has 1 rings (SSSR count). The summed E-state index contributed by atoms with van der Waals surface area (Å²) in [6, 6.07) is 1.69. The van der Waals surface area contributed by atoms with Crippen LogP contribution in [-0.4, -0.2) is 14.9 Å². The predicted octanol–water partition coefficient (Wildman–Crippen LogP) is 0.368. The van der Waals surface area contributed by atoms with Gasteiger partial charge in [-0.2, -0.15) is 5.10 Å². The monoisotopic (exact) mass is 155 g/mol. The van der Waals surface area contributed by atoms with E-state index < -0.39 is 0 Å². The molecule has 4 nitrogen and oxygen atoms in total. The summed E-state index contributed by atoms with van der Waals surface area (Å²) in [5, 5.41) is 12.8. The third-order valence-electron chi connectivity index (χ3n) is 1.46. The van der Waals surface area contributed by atoms with Gasteiger partial charge in [-0.15, -0.1) is 0 Å². The lowest BCUT2D eigenvalue weighted by molar-refractivity contribution is 0.275. The fourth-order valence-corrected chi connectivity index (χ4v) is 0.955. The second kappa shape index (κ2) is 3.39. The van der Waals surface area contributed by atoms with Gasteiger partial charge in [0.15, 0.2) is 0 Å². The van der Waals surface area contributed by atoms with E-state index in [4.69, 9.17) is 10.8 Å². The first-order chi connectivity index (χ1) is 5.27. The fraction of sp³-hybridized carbons (Fsp3) is 0.571. The molecule has 0 bridgehead atoms. The van der Waals surface area contributed by atoms with E-state index in [2.05, 4.69) is 12.0 Å². The quantitative estimate of drug-likeness (QED) is 0.662. The minimum absolute atomic E-state index is 0.0408. The molecule has 0 amide bonds. The summed E-state index contributed by atoms with van der Waals surface area (Å²) >= 11 is 0. The molecule has 3 N–H and O–H groups in total. The van der Waals surface area contributed by atoms with Gasteiger partial charge in [-0.3, -0.25) is 0 Å². The maximum atomic E-state index is 8.71. The Morgan fingerprint density at radius 1 is 1.73 bits per heavy atom. The Kier molecular flexibility index (Phi) is 2.48. The van der Waals surface area contributed by atoms with Crippen LogP contribution < -0.4 is 5.73 Å². The van der Waals surface area contributed by atoms with Crippen molar-refractivity contribution in [3.63, 3.8) is 0 Å². The molecule has 0 fully saturated rings. The molecule has 0 aromatic carbocycles. The minimum atomic E-state index is -0.0408. The minimum Gasteiger partial charge on any atom is -0.390 e. The van der Waals surface area contributed by atoms with Gasteiger partial charge in [-0.1, -0.05) is 6.92 Å². The van der Waals surface area contributed by atoms with Crippen LogP contribution >= 0.6 is 0 Å². The van der Waals surface area contributed by atoms with E-state index in [0.29, 0.717) is 11.5 Å². The van der Waals surface area contributed by atoms with Crippen molar-refractivity contribution >= 4 is 5.82 Å². The van der Waals surface area contributed by atoms with Gasteiger partial charge in [0.05, 0.1) is 12.3 Å². The van der Waals surface area contributed by atoms with Gasteiger partial charge < -0.3 is 10.8 Å². The van der Waals surface area contributed by atoms with Crippen LogP contribution in [0.25, 0.3) is 0 Å². The number of nitrogens with zero attached hydrogens (tertiary/aromatic N) is 2.